The van der Waals surface area contributed by atoms with E-state index in [1.54, 1.807) is 11.0 Å². The Morgan fingerprint density at radius 3 is 2.81 bits per heavy atom. The van der Waals surface area contributed by atoms with Gasteiger partial charge in [-0.05, 0) is 37.0 Å². The highest BCUT2D eigenvalue weighted by Crippen LogP contribution is 2.19. The van der Waals surface area contributed by atoms with Gasteiger partial charge >= 0.3 is 6.03 Å². The van der Waals surface area contributed by atoms with Gasteiger partial charge in [0.1, 0.15) is 5.82 Å². The van der Waals surface area contributed by atoms with Gasteiger partial charge < -0.3 is 16.0 Å². The summed E-state index contributed by atoms with van der Waals surface area (Å²) in [5.74, 6) is 5.58. The van der Waals surface area contributed by atoms with Crippen LogP contribution in [-0.4, -0.2) is 30.6 Å². The first-order valence-corrected chi connectivity index (χ1v) is 7.14. The van der Waals surface area contributed by atoms with Crippen molar-refractivity contribution in [2.24, 2.45) is 11.7 Å². The molecule has 1 aliphatic heterocycles. The van der Waals surface area contributed by atoms with Crippen molar-refractivity contribution in [1.82, 2.24) is 4.90 Å². The lowest BCUT2D eigenvalue weighted by Gasteiger charge is -2.30. The Labute approximate surface area is 124 Å². The standard InChI is InChI=1S/C16H20FN3O/c1-12-6-9-20(10-7-12)16(21)19-15-5-4-13(3-2-8-18)11-14(15)17/h4-5,11-12H,6-10,18H2,1H3,(H,19,21). The van der Waals surface area contributed by atoms with E-state index in [1.165, 1.54) is 12.1 Å². The molecule has 4 nitrogen and oxygen atoms in total. The molecule has 0 unspecified atom stereocenters. The number of nitrogens with zero attached hydrogens (tertiary/aromatic N) is 1. The summed E-state index contributed by atoms with van der Waals surface area (Å²) in [4.78, 5) is 13.8. The van der Waals surface area contributed by atoms with Gasteiger partial charge in [0, 0.05) is 18.7 Å². The second-order valence-electron chi connectivity index (χ2n) is 5.30. The van der Waals surface area contributed by atoms with Crippen molar-refractivity contribution < 1.29 is 9.18 Å². The molecule has 0 saturated carbocycles. The summed E-state index contributed by atoms with van der Waals surface area (Å²) in [7, 11) is 0. The number of benzene rings is 1. The Bertz CT molecular complexity index is 569. The van der Waals surface area contributed by atoms with E-state index in [-0.39, 0.29) is 18.3 Å². The highest BCUT2D eigenvalue weighted by Gasteiger charge is 2.20. The number of likely N-dealkylation sites (tertiary alicyclic amines) is 1. The molecule has 0 spiro atoms. The van der Waals surface area contributed by atoms with E-state index in [0.29, 0.717) is 24.6 Å². The molecule has 1 heterocycles. The van der Waals surface area contributed by atoms with Crippen LogP contribution in [0.1, 0.15) is 25.3 Å². The molecule has 0 aliphatic carbocycles. The number of carbonyl (C=O) groups excluding carboxylic acids is 1. The summed E-state index contributed by atoms with van der Waals surface area (Å²) in [6.45, 7) is 3.84. The number of piperidine rings is 1. The van der Waals surface area contributed by atoms with E-state index in [2.05, 4.69) is 24.1 Å². The van der Waals surface area contributed by atoms with Crippen molar-refractivity contribution in [1.29, 1.82) is 0 Å². The lowest BCUT2D eigenvalue weighted by molar-refractivity contribution is 0.186. The quantitative estimate of drug-likeness (QED) is 0.780. The fraction of sp³-hybridized carbons (Fsp3) is 0.438. The SMILES string of the molecule is CC1CCN(C(=O)Nc2ccc(C#CCN)cc2F)CC1. The highest BCUT2D eigenvalue weighted by molar-refractivity contribution is 5.89. The molecule has 112 valence electrons. The van der Waals surface area contributed by atoms with Crippen molar-refractivity contribution in [3.8, 4) is 11.8 Å². The summed E-state index contributed by atoms with van der Waals surface area (Å²) in [6.07, 6.45) is 1.98. The topological polar surface area (TPSA) is 58.4 Å². The van der Waals surface area contributed by atoms with Crippen molar-refractivity contribution in [3.05, 3.63) is 29.6 Å². The van der Waals surface area contributed by atoms with Crippen LogP contribution in [0.5, 0.6) is 0 Å². The van der Waals surface area contributed by atoms with Crippen molar-refractivity contribution >= 4 is 11.7 Å². The summed E-state index contributed by atoms with van der Waals surface area (Å²) >= 11 is 0. The summed E-state index contributed by atoms with van der Waals surface area (Å²) in [5.41, 5.74) is 5.99. The number of rotatable bonds is 1. The van der Waals surface area contributed by atoms with Crippen LogP contribution < -0.4 is 11.1 Å². The normalized spacial score (nSPS) is 15.3. The van der Waals surface area contributed by atoms with Crippen LogP contribution in [-0.2, 0) is 0 Å². The van der Waals surface area contributed by atoms with E-state index in [9.17, 15) is 9.18 Å². The molecule has 0 atom stereocenters. The third-order valence-corrected chi connectivity index (χ3v) is 3.62. The van der Waals surface area contributed by atoms with Crippen molar-refractivity contribution in [2.45, 2.75) is 19.8 Å². The van der Waals surface area contributed by atoms with Gasteiger partial charge in [0.05, 0.1) is 12.2 Å². The summed E-state index contributed by atoms with van der Waals surface area (Å²) in [6, 6.07) is 4.25. The first-order chi connectivity index (χ1) is 10.1. The van der Waals surface area contributed by atoms with Gasteiger partial charge in [0.25, 0.3) is 0 Å². The molecular formula is C16H20FN3O. The van der Waals surface area contributed by atoms with Gasteiger partial charge in [-0.25, -0.2) is 9.18 Å². The molecule has 21 heavy (non-hydrogen) atoms. The molecule has 1 fully saturated rings. The largest absolute Gasteiger partial charge is 0.325 e. The van der Waals surface area contributed by atoms with Crippen molar-refractivity contribution in [2.75, 3.05) is 25.0 Å². The molecule has 1 aliphatic rings. The third kappa shape index (κ3) is 4.20. The fourth-order valence-electron chi connectivity index (χ4n) is 2.25. The summed E-state index contributed by atoms with van der Waals surface area (Å²) in [5, 5.41) is 2.62. The second kappa shape index (κ2) is 7.09. The maximum Gasteiger partial charge on any atom is 0.321 e. The average Bonchev–Trinajstić information content (AvgIpc) is 2.48. The zero-order valence-electron chi connectivity index (χ0n) is 12.2. The van der Waals surface area contributed by atoms with E-state index < -0.39 is 5.82 Å². The second-order valence-corrected chi connectivity index (χ2v) is 5.30. The van der Waals surface area contributed by atoms with Gasteiger partial charge in [0.15, 0.2) is 0 Å². The number of urea groups is 1. The Kier molecular flexibility index (Phi) is 5.18. The maximum absolute atomic E-state index is 13.9. The monoisotopic (exact) mass is 289 g/mol. The van der Waals surface area contributed by atoms with Crippen LogP contribution in [0.15, 0.2) is 18.2 Å². The number of amides is 2. The molecular weight excluding hydrogens is 269 g/mol. The number of nitrogens with two attached hydrogens (primary N) is 1. The number of carbonyl (C=O) groups is 1. The smallest absolute Gasteiger partial charge is 0.321 e. The number of anilines is 1. The molecule has 5 heteroatoms. The van der Waals surface area contributed by atoms with E-state index in [0.717, 1.165) is 12.8 Å². The number of hydrogen-bond donors (Lipinski definition) is 2. The Balaban J connectivity index is 2.01. The molecule has 2 amide bonds. The molecule has 1 aromatic carbocycles. The van der Waals surface area contributed by atoms with Gasteiger partial charge in [-0.2, -0.15) is 0 Å². The Hall–Kier alpha value is -2.06. The Morgan fingerprint density at radius 1 is 1.48 bits per heavy atom. The van der Waals surface area contributed by atoms with Gasteiger partial charge in [-0.1, -0.05) is 18.8 Å². The van der Waals surface area contributed by atoms with Crippen LogP contribution in [0.25, 0.3) is 0 Å². The molecule has 0 radical (unpaired) electrons. The van der Waals surface area contributed by atoms with Gasteiger partial charge in [-0.3, -0.25) is 0 Å². The van der Waals surface area contributed by atoms with E-state index in [1.807, 2.05) is 0 Å². The van der Waals surface area contributed by atoms with Crippen LogP contribution in [0, 0.1) is 23.6 Å². The first kappa shape index (κ1) is 15.3. The van der Waals surface area contributed by atoms with Crippen LogP contribution in [0.3, 0.4) is 0 Å². The first-order valence-electron chi connectivity index (χ1n) is 7.14. The van der Waals surface area contributed by atoms with Crippen LogP contribution in [0.2, 0.25) is 0 Å². The fourth-order valence-corrected chi connectivity index (χ4v) is 2.25. The minimum Gasteiger partial charge on any atom is -0.325 e. The number of halogens is 1. The summed E-state index contributed by atoms with van der Waals surface area (Å²) < 4.78 is 13.9. The lowest BCUT2D eigenvalue weighted by atomic mass is 10.00. The lowest BCUT2D eigenvalue weighted by Crippen LogP contribution is -2.40. The minimum atomic E-state index is -0.488. The zero-order chi connectivity index (χ0) is 15.2. The predicted octanol–water partition coefficient (Wildman–Crippen LogP) is 2.40. The third-order valence-electron chi connectivity index (χ3n) is 3.62. The molecule has 1 saturated heterocycles. The number of nitrogens with one attached hydrogen (secondary N) is 1. The molecule has 0 bridgehead atoms. The van der Waals surface area contributed by atoms with Gasteiger partial charge in [-0.15, -0.1) is 0 Å². The molecule has 1 aromatic rings. The van der Waals surface area contributed by atoms with Gasteiger partial charge in [0.2, 0.25) is 0 Å². The maximum atomic E-state index is 13.9. The van der Waals surface area contributed by atoms with Crippen LogP contribution in [0.4, 0.5) is 14.9 Å². The van der Waals surface area contributed by atoms with Crippen LogP contribution >= 0.6 is 0 Å². The predicted molar refractivity (Wildman–Crippen MR) is 81.3 cm³/mol. The highest BCUT2D eigenvalue weighted by atomic mass is 19.1. The van der Waals surface area contributed by atoms with E-state index >= 15 is 0 Å². The molecule has 2 rings (SSSR count). The van der Waals surface area contributed by atoms with E-state index in [4.69, 9.17) is 5.73 Å². The number of hydrogen-bond acceptors (Lipinski definition) is 2. The molecule has 3 N–H and O–H groups in total. The molecule has 0 aromatic heterocycles. The minimum absolute atomic E-state index is 0.178. The van der Waals surface area contributed by atoms with Crippen molar-refractivity contribution in [3.63, 3.8) is 0 Å². The Morgan fingerprint density at radius 2 is 2.19 bits per heavy atom. The zero-order valence-corrected chi connectivity index (χ0v) is 12.2. The average molecular weight is 289 g/mol.